The van der Waals surface area contributed by atoms with E-state index >= 15 is 0 Å². The molecule has 2 atom stereocenters. The number of imidazole rings is 1. The number of nitrogens with one attached hydrogen (secondary N) is 1. The first-order valence-electron chi connectivity index (χ1n) is 11.3. The SMILES string of the molecule is CCCC(CC(=O)OCC)n1c(=O)n(C(C)c2c[nH]c3cccc(C)c23)c2ncccc21. The van der Waals surface area contributed by atoms with Gasteiger partial charge in [0.1, 0.15) is 0 Å². The summed E-state index contributed by atoms with van der Waals surface area (Å²) < 4.78 is 8.67. The quantitative estimate of drug-likeness (QED) is 0.400. The summed E-state index contributed by atoms with van der Waals surface area (Å²) in [5, 5.41) is 1.13. The van der Waals surface area contributed by atoms with Crippen LogP contribution in [-0.2, 0) is 9.53 Å². The molecule has 0 aliphatic carbocycles. The van der Waals surface area contributed by atoms with E-state index in [0.717, 1.165) is 34.0 Å². The van der Waals surface area contributed by atoms with Crippen molar-refractivity contribution in [3.05, 3.63) is 64.3 Å². The van der Waals surface area contributed by atoms with Crippen molar-refractivity contribution in [2.75, 3.05) is 6.61 Å². The Balaban J connectivity index is 1.89. The third kappa shape index (κ3) is 3.72. The Hall–Kier alpha value is -3.35. The summed E-state index contributed by atoms with van der Waals surface area (Å²) in [5.74, 6) is -0.289. The van der Waals surface area contributed by atoms with Crippen LogP contribution in [0.1, 0.15) is 63.2 Å². The Morgan fingerprint density at radius 2 is 2.00 bits per heavy atom. The number of pyridine rings is 1. The first-order valence-corrected chi connectivity index (χ1v) is 11.3. The minimum absolute atomic E-state index is 0.156. The van der Waals surface area contributed by atoms with Gasteiger partial charge in [-0.05, 0) is 51.0 Å². The lowest BCUT2D eigenvalue weighted by Gasteiger charge is -2.17. The van der Waals surface area contributed by atoms with E-state index in [1.807, 2.05) is 37.4 Å². The van der Waals surface area contributed by atoms with E-state index in [1.54, 1.807) is 22.3 Å². The fourth-order valence-corrected chi connectivity index (χ4v) is 4.71. The molecule has 4 aromatic rings. The largest absolute Gasteiger partial charge is 0.466 e. The van der Waals surface area contributed by atoms with Gasteiger partial charge in [-0.25, -0.2) is 9.78 Å². The lowest BCUT2D eigenvalue weighted by atomic mass is 10.0. The van der Waals surface area contributed by atoms with Gasteiger partial charge in [-0.1, -0.05) is 25.5 Å². The Labute approximate surface area is 187 Å². The van der Waals surface area contributed by atoms with Crippen molar-refractivity contribution in [2.24, 2.45) is 0 Å². The smallest absolute Gasteiger partial charge is 0.331 e. The van der Waals surface area contributed by atoms with Crippen LogP contribution in [0.2, 0.25) is 0 Å². The molecule has 1 N–H and O–H groups in total. The van der Waals surface area contributed by atoms with Crippen LogP contribution in [0.25, 0.3) is 22.1 Å². The number of ether oxygens (including phenoxy) is 1. The van der Waals surface area contributed by atoms with Crippen LogP contribution in [-0.4, -0.2) is 31.7 Å². The molecule has 0 aliphatic rings. The number of aryl methyl sites for hydroxylation is 1. The van der Waals surface area contributed by atoms with E-state index in [1.165, 1.54) is 0 Å². The van der Waals surface area contributed by atoms with Crippen LogP contribution >= 0.6 is 0 Å². The molecule has 0 bridgehead atoms. The molecule has 3 aromatic heterocycles. The third-order valence-corrected chi connectivity index (χ3v) is 6.14. The second-order valence-corrected chi connectivity index (χ2v) is 8.24. The number of benzene rings is 1. The molecule has 0 radical (unpaired) electrons. The molecular formula is C25H30N4O3. The summed E-state index contributed by atoms with van der Waals surface area (Å²) in [6.07, 6.45) is 5.39. The number of esters is 1. The first kappa shape index (κ1) is 21.9. The number of carbonyl (C=O) groups excluding carboxylic acids is 1. The van der Waals surface area contributed by atoms with Crippen molar-refractivity contribution in [3.8, 4) is 0 Å². The summed E-state index contributed by atoms with van der Waals surface area (Å²) in [7, 11) is 0. The van der Waals surface area contributed by atoms with E-state index < -0.39 is 0 Å². The maximum atomic E-state index is 13.8. The second-order valence-electron chi connectivity index (χ2n) is 8.24. The predicted molar refractivity (Wildman–Crippen MR) is 126 cm³/mol. The lowest BCUT2D eigenvalue weighted by Crippen LogP contribution is -2.31. The molecule has 7 heteroatoms. The van der Waals surface area contributed by atoms with Crippen molar-refractivity contribution in [1.82, 2.24) is 19.1 Å². The minimum Gasteiger partial charge on any atom is -0.466 e. The zero-order valence-electron chi connectivity index (χ0n) is 19.1. The highest BCUT2D eigenvalue weighted by atomic mass is 16.5. The normalized spacial score (nSPS) is 13.5. The molecule has 0 fully saturated rings. The Morgan fingerprint density at radius 3 is 2.75 bits per heavy atom. The van der Waals surface area contributed by atoms with Crippen LogP contribution < -0.4 is 5.69 Å². The Bertz CT molecular complexity index is 1310. The fraction of sp³-hybridized carbons (Fsp3) is 0.400. The summed E-state index contributed by atoms with van der Waals surface area (Å²) in [6, 6.07) is 9.36. The Kier molecular flexibility index (Phi) is 6.17. The minimum atomic E-state index is -0.289. The standard InChI is InChI=1S/C25H30N4O3/c1-5-9-18(14-22(30)32-6-2)29-21-12-8-13-26-24(21)28(25(29)31)17(4)19-15-27-20-11-7-10-16(3)23(19)20/h7-8,10-13,15,17-18,27H,5-6,9,14H2,1-4H3. The summed E-state index contributed by atoms with van der Waals surface area (Å²) >= 11 is 0. The van der Waals surface area contributed by atoms with Gasteiger partial charge >= 0.3 is 11.7 Å². The molecule has 1 aromatic carbocycles. The van der Waals surface area contributed by atoms with Crippen molar-refractivity contribution >= 4 is 28.0 Å². The van der Waals surface area contributed by atoms with Crippen LogP contribution in [0.15, 0.2) is 47.5 Å². The van der Waals surface area contributed by atoms with E-state index in [4.69, 9.17) is 4.74 Å². The maximum Gasteiger partial charge on any atom is 0.331 e. The lowest BCUT2D eigenvalue weighted by molar-refractivity contribution is -0.144. The van der Waals surface area contributed by atoms with Gasteiger partial charge in [0.2, 0.25) is 0 Å². The number of rotatable bonds is 8. The van der Waals surface area contributed by atoms with Crippen LogP contribution in [0.5, 0.6) is 0 Å². The number of aromatic nitrogens is 4. The second kappa shape index (κ2) is 9.02. The van der Waals surface area contributed by atoms with Gasteiger partial charge in [-0.3, -0.25) is 13.9 Å². The van der Waals surface area contributed by atoms with Gasteiger partial charge in [0.15, 0.2) is 5.65 Å². The highest BCUT2D eigenvalue weighted by molar-refractivity contribution is 5.87. The van der Waals surface area contributed by atoms with Crippen molar-refractivity contribution in [1.29, 1.82) is 0 Å². The van der Waals surface area contributed by atoms with Gasteiger partial charge in [0.05, 0.1) is 24.6 Å². The molecule has 2 unspecified atom stereocenters. The van der Waals surface area contributed by atoms with Gasteiger partial charge in [-0.2, -0.15) is 0 Å². The number of nitrogens with zero attached hydrogens (tertiary/aromatic N) is 3. The van der Waals surface area contributed by atoms with E-state index in [0.29, 0.717) is 18.7 Å². The molecule has 0 saturated carbocycles. The van der Waals surface area contributed by atoms with Crippen molar-refractivity contribution in [2.45, 2.75) is 59.0 Å². The molecule has 0 saturated heterocycles. The summed E-state index contributed by atoms with van der Waals surface area (Å²) in [5.41, 5.74) is 4.45. The van der Waals surface area contributed by atoms with Gasteiger partial charge in [0.25, 0.3) is 0 Å². The zero-order valence-corrected chi connectivity index (χ0v) is 19.1. The molecule has 0 amide bonds. The van der Waals surface area contributed by atoms with Crippen LogP contribution in [0, 0.1) is 6.92 Å². The Morgan fingerprint density at radius 1 is 1.19 bits per heavy atom. The van der Waals surface area contributed by atoms with Crippen LogP contribution in [0.3, 0.4) is 0 Å². The number of fused-ring (bicyclic) bond motifs is 2. The zero-order chi connectivity index (χ0) is 22.8. The number of hydrogen-bond donors (Lipinski definition) is 1. The average molecular weight is 435 g/mol. The van der Waals surface area contributed by atoms with Gasteiger partial charge < -0.3 is 9.72 Å². The van der Waals surface area contributed by atoms with Gasteiger partial charge in [0, 0.05) is 34.9 Å². The van der Waals surface area contributed by atoms with Crippen molar-refractivity contribution in [3.63, 3.8) is 0 Å². The number of H-pyrrole nitrogens is 1. The molecule has 4 rings (SSSR count). The molecule has 0 aliphatic heterocycles. The van der Waals surface area contributed by atoms with E-state index in [2.05, 4.69) is 29.9 Å². The van der Waals surface area contributed by atoms with E-state index in [9.17, 15) is 9.59 Å². The molecular weight excluding hydrogens is 404 g/mol. The third-order valence-electron chi connectivity index (χ3n) is 6.14. The first-order chi connectivity index (χ1) is 15.5. The highest BCUT2D eigenvalue weighted by Crippen LogP contribution is 2.31. The van der Waals surface area contributed by atoms with E-state index in [-0.39, 0.29) is 30.2 Å². The number of hydrogen-bond acceptors (Lipinski definition) is 4. The molecule has 3 heterocycles. The summed E-state index contributed by atoms with van der Waals surface area (Å²) in [4.78, 5) is 34.0. The fourth-order valence-electron chi connectivity index (χ4n) is 4.71. The topological polar surface area (TPSA) is 81.9 Å². The average Bonchev–Trinajstić information content (AvgIpc) is 3.33. The monoisotopic (exact) mass is 434 g/mol. The van der Waals surface area contributed by atoms with Gasteiger partial charge in [-0.15, -0.1) is 0 Å². The molecule has 7 nitrogen and oxygen atoms in total. The number of aromatic amines is 1. The molecule has 0 spiro atoms. The summed E-state index contributed by atoms with van der Waals surface area (Å²) in [6.45, 7) is 8.27. The predicted octanol–water partition coefficient (Wildman–Crippen LogP) is 4.89. The number of carbonyl (C=O) groups is 1. The maximum absolute atomic E-state index is 13.8. The van der Waals surface area contributed by atoms with Crippen LogP contribution in [0.4, 0.5) is 0 Å². The van der Waals surface area contributed by atoms with Crippen molar-refractivity contribution < 1.29 is 9.53 Å². The highest BCUT2D eigenvalue weighted by Gasteiger charge is 2.27. The molecule has 168 valence electrons. The molecule has 32 heavy (non-hydrogen) atoms.